The zero-order valence-corrected chi connectivity index (χ0v) is 5.43. The zero-order chi connectivity index (χ0) is 6.10. The van der Waals surface area contributed by atoms with E-state index in [-0.39, 0.29) is 0 Å². The Morgan fingerprint density at radius 2 is 2.22 bits per heavy atom. The molecule has 9 heavy (non-hydrogen) atoms. The summed E-state index contributed by atoms with van der Waals surface area (Å²) in [5.41, 5.74) is 2.16. The molecule has 3 heteroatoms. The van der Waals surface area contributed by atoms with Crippen LogP contribution in [-0.2, 0) is 0 Å². The summed E-state index contributed by atoms with van der Waals surface area (Å²) in [5, 5.41) is 8.94. The third-order valence-electron chi connectivity index (χ3n) is 1.16. The van der Waals surface area contributed by atoms with Crippen molar-refractivity contribution in [1.82, 2.24) is 10.6 Å². The smallest absolute Gasteiger partial charge is 0.121 e. The van der Waals surface area contributed by atoms with E-state index in [1.165, 1.54) is 0 Å². The highest BCUT2D eigenvalue weighted by Crippen LogP contribution is 2.09. The van der Waals surface area contributed by atoms with Gasteiger partial charge >= 0.3 is 0 Å². The first-order chi connectivity index (χ1) is 4.47. The van der Waals surface area contributed by atoms with Crippen LogP contribution in [0.1, 0.15) is 0 Å². The van der Waals surface area contributed by atoms with Crippen LogP contribution in [0.4, 0.5) is 0 Å². The molecule has 0 bridgehead atoms. The van der Waals surface area contributed by atoms with Crippen molar-refractivity contribution >= 4 is 11.2 Å². The molecule has 0 saturated heterocycles. The van der Waals surface area contributed by atoms with Gasteiger partial charge in [-0.1, -0.05) is 0 Å². The number of allylic oxidation sites excluding steroid dienone is 1. The third-order valence-corrected chi connectivity index (χ3v) is 1.94. The number of rotatable bonds is 0. The molecular formula is C6H4N2S. The Balaban J connectivity index is 2.36. The number of nitrogens with one attached hydrogen (secondary N) is 2. The quantitative estimate of drug-likeness (QED) is 0.459. The molecule has 2 N–H and O–H groups in total. The summed E-state index contributed by atoms with van der Waals surface area (Å²) in [4.78, 5) is 0. The van der Waals surface area contributed by atoms with E-state index in [9.17, 15) is 0 Å². The van der Waals surface area contributed by atoms with Gasteiger partial charge in [0.15, 0.2) is 0 Å². The van der Waals surface area contributed by atoms with E-state index in [0.29, 0.717) is 0 Å². The molecule has 44 valence electrons. The van der Waals surface area contributed by atoms with Crippen molar-refractivity contribution in [3.05, 3.63) is 11.4 Å². The predicted octanol–water partition coefficient (Wildman–Crippen LogP) is 0.0152. The highest BCUT2D eigenvalue weighted by molar-refractivity contribution is 7.89. The second kappa shape index (κ2) is 1.70. The van der Waals surface area contributed by atoms with E-state index in [4.69, 9.17) is 0 Å². The van der Waals surface area contributed by atoms with Crippen molar-refractivity contribution in [2.75, 3.05) is 5.75 Å². The maximum absolute atomic E-state index is 3.08. The predicted molar refractivity (Wildman–Crippen MR) is 37.4 cm³/mol. The van der Waals surface area contributed by atoms with Crippen LogP contribution in [-0.4, -0.2) is 5.75 Å². The monoisotopic (exact) mass is 136 g/mol. The molecule has 0 aromatic heterocycles. The minimum atomic E-state index is 0.969. The first kappa shape index (κ1) is 4.75. The molecule has 0 saturated carbocycles. The first-order valence-electron chi connectivity index (χ1n) is 2.60. The molecule has 0 atom stereocenters. The van der Waals surface area contributed by atoms with Gasteiger partial charge < -0.3 is 10.6 Å². The summed E-state index contributed by atoms with van der Waals surface area (Å²) in [7, 11) is 0. The number of hydrogen-bond acceptors (Lipinski definition) is 2. The number of hydrogen-bond donors (Lipinski definition) is 2. The van der Waals surface area contributed by atoms with Gasteiger partial charge in [0.25, 0.3) is 0 Å². The molecule has 0 amide bonds. The van der Waals surface area contributed by atoms with Crippen LogP contribution in [0, 0.1) is 17.3 Å². The van der Waals surface area contributed by atoms with Gasteiger partial charge in [0.2, 0.25) is 0 Å². The van der Waals surface area contributed by atoms with Crippen LogP contribution in [0.5, 0.6) is 0 Å². The van der Waals surface area contributed by atoms with E-state index >= 15 is 0 Å². The molecule has 0 fully saturated rings. The van der Waals surface area contributed by atoms with Crippen molar-refractivity contribution < 1.29 is 0 Å². The third kappa shape index (κ3) is 0.655. The van der Waals surface area contributed by atoms with Crippen LogP contribution in [0.3, 0.4) is 0 Å². The molecule has 0 aromatic rings. The zero-order valence-electron chi connectivity index (χ0n) is 4.62. The van der Waals surface area contributed by atoms with Crippen molar-refractivity contribution in [1.29, 1.82) is 0 Å². The van der Waals surface area contributed by atoms with Gasteiger partial charge in [-0.15, -0.1) is 11.2 Å². The maximum Gasteiger partial charge on any atom is 0.121 e. The van der Waals surface area contributed by atoms with Gasteiger partial charge in [0.05, 0.1) is 11.4 Å². The van der Waals surface area contributed by atoms with Crippen molar-refractivity contribution in [2.45, 2.75) is 0 Å². The van der Waals surface area contributed by atoms with Gasteiger partial charge in [-0.25, -0.2) is 0 Å². The van der Waals surface area contributed by atoms with Crippen LogP contribution < -0.4 is 10.6 Å². The molecule has 2 nitrogen and oxygen atoms in total. The molecule has 0 aliphatic carbocycles. The summed E-state index contributed by atoms with van der Waals surface area (Å²) >= 11 is 1.65. The maximum atomic E-state index is 3.08. The van der Waals surface area contributed by atoms with Gasteiger partial charge in [-0.2, -0.15) is 0 Å². The standard InChI is InChI=1S/C6H4N2S/c1-2-8-6-4-9-3-5(6)7-1/h7-8H,3H2. The lowest BCUT2D eigenvalue weighted by atomic mass is 10.3. The fraction of sp³-hybridized carbons (Fsp3) is 0.167. The van der Waals surface area contributed by atoms with Gasteiger partial charge in [-0.05, 0) is 5.18 Å². The minimum Gasteiger partial charge on any atom is -0.313 e. The lowest BCUT2D eigenvalue weighted by Crippen LogP contribution is -2.20. The Morgan fingerprint density at radius 1 is 1.33 bits per heavy atom. The second-order valence-corrected chi connectivity index (χ2v) is 2.53. The van der Waals surface area contributed by atoms with Crippen LogP contribution >= 0.6 is 11.2 Å². The van der Waals surface area contributed by atoms with E-state index < -0.39 is 0 Å². The molecule has 2 aliphatic heterocycles. The Labute approximate surface area is 56.9 Å². The molecular weight excluding hydrogens is 132 g/mol. The first-order valence-corrected chi connectivity index (χ1v) is 3.58. The highest BCUT2D eigenvalue weighted by Gasteiger charge is 2.08. The largest absolute Gasteiger partial charge is 0.313 e. The SMILES string of the molecule is C1#CNC2=C(C#SC2)N1. The van der Waals surface area contributed by atoms with Gasteiger partial charge in [0.1, 0.15) is 5.70 Å². The Bertz CT molecular complexity index is 294. The summed E-state index contributed by atoms with van der Waals surface area (Å²) in [5.74, 6) is 0.969. The van der Waals surface area contributed by atoms with Crippen molar-refractivity contribution in [3.8, 4) is 17.3 Å². The molecule has 0 spiro atoms. The summed E-state index contributed by atoms with van der Waals surface area (Å²) in [6.07, 6.45) is 0. The summed E-state index contributed by atoms with van der Waals surface area (Å²) in [6, 6.07) is 5.45. The molecule has 2 aliphatic rings. The lowest BCUT2D eigenvalue weighted by molar-refractivity contribution is 0.993. The average molecular weight is 136 g/mol. The Hall–Kier alpha value is -1.10. The molecule has 0 unspecified atom stereocenters. The minimum absolute atomic E-state index is 0.969. The summed E-state index contributed by atoms with van der Waals surface area (Å²) < 4.78 is 0. The fourth-order valence-electron chi connectivity index (χ4n) is 0.714. The van der Waals surface area contributed by atoms with Crippen LogP contribution in [0.15, 0.2) is 11.4 Å². The van der Waals surface area contributed by atoms with Gasteiger partial charge in [-0.3, -0.25) is 0 Å². The normalized spacial score (nSPS) is 18.7. The molecule has 2 heterocycles. The highest BCUT2D eigenvalue weighted by atomic mass is 32.1. The molecule has 0 aromatic carbocycles. The van der Waals surface area contributed by atoms with Gasteiger partial charge in [0, 0.05) is 12.1 Å². The lowest BCUT2D eigenvalue weighted by Gasteiger charge is -2.05. The average Bonchev–Trinajstić information content (AvgIpc) is 2.33. The fourth-order valence-corrected chi connectivity index (χ4v) is 1.47. The molecule has 0 radical (unpaired) electrons. The topological polar surface area (TPSA) is 24.1 Å². The Kier molecular flexibility index (Phi) is 0.895. The van der Waals surface area contributed by atoms with Crippen LogP contribution in [0.2, 0.25) is 0 Å². The van der Waals surface area contributed by atoms with E-state index in [0.717, 1.165) is 17.1 Å². The molecule has 2 rings (SSSR count). The summed E-state index contributed by atoms with van der Waals surface area (Å²) in [6.45, 7) is 0. The van der Waals surface area contributed by atoms with Crippen molar-refractivity contribution in [3.63, 3.8) is 0 Å². The van der Waals surface area contributed by atoms with Crippen molar-refractivity contribution in [2.24, 2.45) is 0 Å². The van der Waals surface area contributed by atoms with E-state index in [1.54, 1.807) is 11.2 Å². The van der Waals surface area contributed by atoms with E-state index in [2.05, 4.69) is 27.9 Å². The Morgan fingerprint density at radius 3 is 3.11 bits per heavy atom. The van der Waals surface area contributed by atoms with E-state index in [1.807, 2.05) is 0 Å². The second-order valence-electron chi connectivity index (χ2n) is 1.74. The van der Waals surface area contributed by atoms with Crippen LogP contribution in [0.25, 0.3) is 0 Å².